The van der Waals surface area contributed by atoms with Gasteiger partial charge in [0.15, 0.2) is 0 Å². The van der Waals surface area contributed by atoms with Crippen LogP contribution in [-0.4, -0.2) is 0 Å². The summed E-state index contributed by atoms with van der Waals surface area (Å²) in [6, 6.07) is 10.1. The molecule has 0 aliphatic carbocycles. The summed E-state index contributed by atoms with van der Waals surface area (Å²) in [5.41, 5.74) is 7.77. The van der Waals surface area contributed by atoms with E-state index in [4.69, 9.17) is 5.73 Å². The maximum atomic E-state index is 5.53. The van der Waals surface area contributed by atoms with Crippen molar-refractivity contribution in [3.05, 3.63) is 54.2 Å². The lowest BCUT2D eigenvalue weighted by atomic mass is 10.1. The summed E-state index contributed by atoms with van der Waals surface area (Å²) in [6.45, 7) is 2.11. The lowest BCUT2D eigenvalue weighted by Gasteiger charge is -1.99. The average Bonchev–Trinajstić information content (AvgIpc) is 2.21. The lowest BCUT2D eigenvalue weighted by molar-refractivity contribution is 1.22. The fraction of sp³-hybridized carbons (Fsp3) is 0.167. The number of hydrogen-bond acceptors (Lipinski definition) is 1. The van der Waals surface area contributed by atoms with Crippen LogP contribution in [0.25, 0.3) is 5.57 Å². The Hall–Kier alpha value is -1.50. The molecule has 1 heteroatoms. The van der Waals surface area contributed by atoms with E-state index in [0.29, 0.717) is 0 Å². The van der Waals surface area contributed by atoms with Gasteiger partial charge in [0.05, 0.1) is 0 Å². The molecule has 0 atom stereocenters. The first-order valence-electron chi connectivity index (χ1n) is 4.52. The molecule has 0 aliphatic rings. The van der Waals surface area contributed by atoms with E-state index in [9.17, 15) is 0 Å². The molecule has 0 amide bonds. The molecule has 2 N–H and O–H groups in total. The summed E-state index contributed by atoms with van der Waals surface area (Å²) < 4.78 is 0. The molecule has 0 fully saturated rings. The minimum absolute atomic E-state index is 1.03. The SMILES string of the molecule is CC/C=C\C(=C/N)c1ccccc1. The van der Waals surface area contributed by atoms with Crippen LogP contribution in [0.1, 0.15) is 18.9 Å². The third-order valence-corrected chi connectivity index (χ3v) is 1.82. The molecule has 0 radical (unpaired) electrons. The predicted octanol–water partition coefficient (Wildman–Crippen LogP) is 2.95. The van der Waals surface area contributed by atoms with Crippen molar-refractivity contribution in [1.29, 1.82) is 0 Å². The summed E-state index contributed by atoms with van der Waals surface area (Å²) in [5, 5.41) is 0. The van der Waals surface area contributed by atoms with Gasteiger partial charge < -0.3 is 5.73 Å². The maximum Gasteiger partial charge on any atom is 0.00174 e. The summed E-state index contributed by atoms with van der Waals surface area (Å²) >= 11 is 0. The fourth-order valence-electron chi connectivity index (χ4n) is 1.12. The van der Waals surface area contributed by atoms with Crippen molar-refractivity contribution in [2.75, 3.05) is 0 Å². The van der Waals surface area contributed by atoms with Crippen molar-refractivity contribution in [3.63, 3.8) is 0 Å². The van der Waals surface area contributed by atoms with E-state index in [2.05, 4.69) is 31.2 Å². The van der Waals surface area contributed by atoms with Gasteiger partial charge in [-0.05, 0) is 17.6 Å². The van der Waals surface area contributed by atoms with E-state index < -0.39 is 0 Å². The molecular formula is C12H15N. The second-order valence-corrected chi connectivity index (χ2v) is 2.80. The van der Waals surface area contributed by atoms with Crippen molar-refractivity contribution in [1.82, 2.24) is 0 Å². The minimum atomic E-state index is 1.03. The number of benzene rings is 1. The highest BCUT2D eigenvalue weighted by molar-refractivity contribution is 5.73. The Kier molecular flexibility index (Phi) is 3.83. The minimum Gasteiger partial charge on any atom is -0.404 e. The van der Waals surface area contributed by atoms with E-state index in [-0.39, 0.29) is 0 Å². The zero-order valence-electron chi connectivity index (χ0n) is 7.90. The van der Waals surface area contributed by atoms with Gasteiger partial charge >= 0.3 is 0 Å². The Labute approximate surface area is 79.6 Å². The molecule has 0 heterocycles. The zero-order chi connectivity index (χ0) is 9.52. The highest BCUT2D eigenvalue weighted by Crippen LogP contribution is 2.13. The van der Waals surface area contributed by atoms with Crippen molar-refractivity contribution in [3.8, 4) is 0 Å². The maximum absolute atomic E-state index is 5.53. The average molecular weight is 173 g/mol. The van der Waals surface area contributed by atoms with Gasteiger partial charge in [-0.1, -0.05) is 49.4 Å². The zero-order valence-corrected chi connectivity index (χ0v) is 7.90. The van der Waals surface area contributed by atoms with Gasteiger partial charge in [-0.2, -0.15) is 0 Å². The Balaban J connectivity index is 2.87. The van der Waals surface area contributed by atoms with Crippen LogP contribution >= 0.6 is 0 Å². The number of rotatable bonds is 3. The number of nitrogens with two attached hydrogens (primary N) is 1. The van der Waals surface area contributed by atoms with Gasteiger partial charge in [0.2, 0.25) is 0 Å². The van der Waals surface area contributed by atoms with E-state index in [1.165, 1.54) is 0 Å². The van der Waals surface area contributed by atoms with E-state index >= 15 is 0 Å². The van der Waals surface area contributed by atoms with Gasteiger partial charge in [-0.25, -0.2) is 0 Å². The molecule has 0 spiro atoms. The van der Waals surface area contributed by atoms with E-state index in [1.54, 1.807) is 6.20 Å². The van der Waals surface area contributed by atoms with Crippen LogP contribution in [0.2, 0.25) is 0 Å². The first kappa shape index (κ1) is 9.59. The van der Waals surface area contributed by atoms with E-state index in [0.717, 1.165) is 17.6 Å². The first-order valence-corrected chi connectivity index (χ1v) is 4.52. The Morgan fingerprint density at radius 3 is 2.54 bits per heavy atom. The van der Waals surface area contributed by atoms with Crippen molar-refractivity contribution >= 4 is 5.57 Å². The molecule has 0 saturated carbocycles. The lowest BCUT2D eigenvalue weighted by Crippen LogP contribution is -1.85. The number of allylic oxidation sites excluding steroid dienone is 3. The molecule has 0 bridgehead atoms. The largest absolute Gasteiger partial charge is 0.404 e. The molecule has 1 nitrogen and oxygen atoms in total. The van der Waals surface area contributed by atoms with Crippen molar-refractivity contribution in [2.45, 2.75) is 13.3 Å². The topological polar surface area (TPSA) is 26.0 Å². The van der Waals surface area contributed by atoms with Crippen LogP contribution in [0.15, 0.2) is 48.7 Å². The standard InChI is InChI=1S/C12H15N/c1-2-3-7-12(10-13)11-8-5-4-6-9-11/h3-10H,2,13H2,1H3/b7-3-,12-10+. The van der Waals surface area contributed by atoms with Gasteiger partial charge in [-0.15, -0.1) is 0 Å². The van der Waals surface area contributed by atoms with Crippen molar-refractivity contribution < 1.29 is 0 Å². The van der Waals surface area contributed by atoms with Gasteiger partial charge in [0.1, 0.15) is 0 Å². The van der Waals surface area contributed by atoms with Crippen LogP contribution in [-0.2, 0) is 0 Å². The monoisotopic (exact) mass is 173 g/mol. The second-order valence-electron chi connectivity index (χ2n) is 2.80. The van der Waals surface area contributed by atoms with Gasteiger partial charge in [-0.3, -0.25) is 0 Å². The molecule has 1 aromatic rings. The van der Waals surface area contributed by atoms with Gasteiger partial charge in [0, 0.05) is 6.20 Å². The normalized spacial score (nSPS) is 12.2. The van der Waals surface area contributed by atoms with Crippen LogP contribution < -0.4 is 5.73 Å². The van der Waals surface area contributed by atoms with Crippen LogP contribution in [0, 0.1) is 0 Å². The molecule has 68 valence electrons. The van der Waals surface area contributed by atoms with Crippen molar-refractivity contribution in [2.24, 2.45) is 5.73 Å². The third-order valence-electron chi connectivity index (χ3n) is 1.82. The van der Waals surface area contributed by atoms with Crippen LogP contribution in [0.4, 0.5) is 0 Å². The molecule has 1 aromatic carbocycles. The first-order chi connectivity index (χ1) is 6.38. The molecule has 0 saturated heterocycles. The Bertz CT molecular complexity index is 296. The highest BCUT2D eigenvalue weighted by atomic mass is 14.5. The molecule has 13 heavy (non-hydrogen) atoms. The van der Waals surface area contributed by atoms with E-state index in [1.807, 2.05) is 18.2 Å². The molecule has 0 unspecified atom stereocenters. The number of hydrogen-bond donors (Lipinski definition) is 1. The van der Waals surface area contributed by atoms with Crippen LogP contribution in [0.5, 0.6) is 0 Å². The summed E-state index contributed by atoms with van der Waals surface area (Å²) in [6.07, 6.45) is 6.83. The summed E-state index contributed by atoms with van der Waals surface area (Å²) in [7, 11) is 0. The quantitative estimate of drug-likeness (QED) is 0.699. The summed E-state index contributed by atoms with van der Waals surface area (Å²) in [4.78, 5) is 0. The molecule has 0 aromatic heterocycles. The van der Waals surface area contributed by atoms with Crippen LogP contribution in [0.3, 0.4) is 0 Å². The Morgan fingerprint density at radius 1 is 1.31 bits per heavy atom. The summed E-state index contributed by atoms with van der Waals surface area (Å²) in [5.74, 6) is 0. The second kappa shape index (κ2) is 5.20. The predicted molar refractivity (Wildman–Crippen MR) is 58.0 cm³/mol. The highest BCUT2D eigenvalue weighted by Gasteiger charge is 1.93. The third kappa shape index (κ3) is 2.79. The fourth-order valence-corrected chi connectivity index (χ4v) is 1.12. The smallest absolute Gasteiger partial charge is 0.00174 e. The Morgan fingerprint density at radius 2 is 2.00 bits per heavy atom. The molecule has 1 rings (SSSR count). The molecular weight excluding hydrogens is 158 g/mol. The molecule has 0 aliphatic heterocycles. The van der Waals surface area contributed by atoms with Gasteiger partial charge in [0.25, 0.3) is 0 Å².